The lowest BCUT2D eigenvalue weighted by Gasteiger charge is -2.14. The number of halogens is 1. The SMILES string of the molecule is C[C@H]1C[C@@H]1c1ccc(CN(C)S(=O)(=O)c2ncn(C)c2Cl)o1. The first-order chi connectivity index (χ1) is 10.3. The molecule has 0 bridgehead atoms. The molecule has 2 heterocycles. The summed E-state index contributed by atoms with van der Waals surface area (Å²) < 4.78 is 33.4. The Morgan fingerprint density at radius 3 is 2.73 bits per heavy atom. The summed E-state index contributed by atoms with van der Waals surface area (Å²) in [5.41, 5.74) is 0. The fourth-order valence-corrected chi connectivity index (χ4v) is 3.93. The van der Waals surface area contributed by atoms with E-state index in [0.29, 0.717) is 17.6 Å². The number of hydrogen-bond donors (Lipinski definition) is 0. The maximum absolute atomic E-state index is 12.5. The van der Waals surface area contributed by atoms with Gasteiger partial charge in [-0.2, -0.15) is 4.31 Å². The minimum absolute atomic E-state index is 0.0961. The van der Waals surface area contributed by atoms with Crippen LogP contribution in [0.5, 0.6) is 0 Å². The molecule has 8 heteroatoms. The second-order valence-electron chi connectivity index (χ2n) is 5.84. The zero-order valence-corrected chi connectivity index (χ0v) is 14.2. The molecule has 0 aromatic carbocycles. The van der Waals surface area contributed by atoms with Gasteiger partial charge in [0, 0.05) is 20.0 Å². The fourth-order valence-electron chi connectivity index (χ4n) is 2.42. The van der Waals surface area contributed by atoms with E-state index in [1.54, 1.807) is 7.05 Å². The van der Waals surface area contributed by atoms with Crippen LogP contribution in [0.25, 0.3) is 0 Å². The summed E-state index contributed by atoms with van der Waals surface area (Å²) in [5, 5.41) is -0.0412. The molecule has 1 fully saturated rings. The lowest BCUT2D eigenvalue weighted by molar-refractivity contribution is 0.389. The topological polar surface area (TPSA) is 68.3 Å². The predicted molar refractivity (Wildman–Crippen MR) is 82.1 cm³/mol. The predicted octanol–water partition coefficient (Wildman–Crippen LogP) is 2.61. The highest BCUT2D eigenvalue weighted by atomic mass is 35.5. The summed E-state index contributed by atoms with van der Waals surface area (Å²) in [6.07, 6.45) is 2.51. The summed E-state index contributed by atoms with van der Waals surface area (Å²) in [6, 6.07) is 3.75. The Morgan fingerprint density at radius 1 is 1.50 bits per heavy atom. The lowest BCUT2D eigenvalue weighted by atomic mass is 10.3. The van der Waals surface area contributed by atoms with Gasteiger partial charge in [-0.05, 0) is 24.5 Å². The molecule has 1 aliphatic rings. The average molecular weight is 344 g/mol. The van der Waals surface area contributed by atoms with Gasteiger partial charge in [0.05, 0.1) is 12.9 Å². The van der Waals surface area contributed by atoms with Gasteiger partial charge in [0.1, 0.15) is 16.7 Å². The molecule has 0 N–H and O–H groups in total. The molecule has 2 aromatic heterocycles. The maximum Gasteiger partial charge on any atom is 0.263 e. The molecular weight excluding hydrogens is 326 g/mol. The Hall–Kier alpha value is -1.31. The molecule has 6 nitrogen and oxygen atoms in total. The van der Waals surface area contributed by atoms with Crippen LogP contribution in [0.15, 0.2) is 27.9 Å². The molecule has 1 saturated carbocycles. The highest BCUT2D eigenvalue weighted by molar-refractivity contribution is 7.89. The number of rotatable bonds is 5. The highest BCUT2D eigenvalue weighted by Gasteiger charge is 2.37. The van der Waals surface area contributed by atoms with Gasteiger partial charge in [0.2, 0.25) is 5.03 Å². The van der Waals surface area contributed by atoms with Crippen LogP contribution in [0, 0.1) is 5.92 Å². The van der Waals surface area contributed by atoms with E-state index in [1.165, 1.54) is 22.2 Å². The van der Waals surface area contributed by atoms with Crippen molar-refractivity contribution in [3.8, 4) is 0 Å². The van der Waals surface area contributed by atoms with Gasteiger partial charge in [-0.3, -0.25) is 0 Å². The Labute approximate surface area is 134 Å². The molecular formula is C14H18ClN3O3S. The van der Waals surface area contributed by atoms with Gasteiger partial charge < -0.3 is 8.98 Å². The van der Waals surface area contributed by atoms with Gasteiger partial charge in [0.15, 0.2) is 0 Å². The zero-order chi connectivity index (χ0) is 16.1. The minimum Gasteiger partial charge on any atom is -0.464 e. The lowest BCUT2D eigenvalue weighted by Crippen LogP contribution is -2.27. The van der Waals surface area contributed by atoms with Crippen LogP contribution in [-0.2, 0) is 23.6 Å². The van der Waals surface area contributed by atoms with Gasteiger partial charge in [-0.15, -0.1) is 0 Å². The smallest absolute Gasteiger partial charge is 0.263 e. The highest BCUT2D eigenvalue weighted by Crippen LogP contribution is 2.47. The van der Waals surface area contributed by atoms with Crippen molar-refractivity contribution in [2.45, 2.75) is 30.8 Å². The van der Waals surface area contributed by atoms with Crippen molar-refractivity contribution in [2.75, 3.05) is 7.05 Å². The Balaban J connectivity index is 1.77. The first kappa shape index (κ1) is 15.6. The van der Waals surface area contributed by atoms with Crippen molar-refractivity contribution in [1.82, 2.24) is 13.9 Å². The van der Waals surface area contributed by atoms with E-state index in [9.17, 15) is 8.42 Å². The number of aryl methyl sites for hydroxylation is 1. The van der Waals surface area contributed by atoms with Gasteiger partial charge in [-0.25, -0.2) is 13.4 Å². The zero-order valence-electron chi connectivity index (χ0n) is 12.7. The minimum atomic E-state index is -3.74. The van der Waals surface area contributed by atoms with Crippen molar-refractivity contribution >= 4 is 21.6 Å². The van der Waals surface area contributed by atoms with Crippen LogP contribution < -0.4 is 0 Å². The van der Waals surface area contributed by atoms with Crippen molar-refractivity contribution in [3.05, 3.63) is 35.1 Å². The van der Waals surface area contributed by atoms with Crippen LogP contribution in [0.4, 0.5) is 0 Å². The van der Waals surface area contributed by atoms with E-state index in [-0.39, 0.29) is 16.7 Å². The fraction of sp³-hybridized carbons (Fsp3) is 0.500. The number of hydrogen-bond acceptors (Lipinski definition) is 4. The van der Waals surface area contributed by atoms with Crippen LogP contribution >= 0.6 is 11.6 Å². The van der Waals surface area contributed by atoms with Crippen molar-refractivity contribution in [3.63, 3.8) is 0 Å². The molecule has 2 atom stereocenters. The van der Waals surface area contributed by atoms with E-state index in [2.05, 4.69) is 11.9 Å². The van der Waals surface area contributed by atoms with Crippen molar-refractivity contribution in [1.29, 1.82) is 0 Å². The average Bonchev–Trinajstić information content (AvgIpc) is 2.84. The second-order valence-corrected chi connectivity index (χ2v) is 8.15. The number of nitrogens with zero attached hydrogens (tertiary/aromatic N) is 3. The van der Waals surface area contributed by atoms with Gasteiger partial charge >= 0.3 is 0 Å². The summed E-state index contributed by atoms with van der Waals surface area (Å²) in [5.74, 6) is 2.67. The summed E-state index contributed by atoms with van der Waals surface area (Å²) in [4.78, 5) is 3.87. The second kappa shape index (κ2) is 5.40. The van der Waals surface area contributed by atoms with Gasteiger partial charge in [0.25, 0.3) is 10.0 Å². The monoisotopic (exact) mass is 343 g/mol. The summed E-state index contributed by atoms with van der Waals surface area (Å²) >= 11 is 5.98. The van der Waals surface area contributed by atoms with Crippen LogP contribution in [0.1, 0.15) is 30.8 Å². The van der Waals surface area contributed by atoms with E-state index >= 15 is 0 Å². The quantitative estimate of drug-likeness (QED) is 0.836. The van der Waals surface area contributed by atoms with Crippen molar-refractivity contribution in [2.24, 2.45) is 13.0 Å². The van der Waals surface area contributed by atoms with E-state index < -0.39 is 10.0 Å². The maximum atomic E-state index is 12.5. The standard InChI is InChI=1S/C14H18ClN3O3S/c1-9-6-11(9)12-5-4-10(21-12)7-18(3)22(19,20)14-13(15)17(2)8-16-14/h4-5,8-9,11H,6-7H2,1-3H3/t9-,11-/m0/s1. The summed E-state index contributed by atoms with van der Waals surface area (Å²) in [7, 11) is -0.613. The van der Waals surface area contributed by atoms with Crippen LogP contribution in [-0.4, -0.2) is 29.3 Å². The molecule has 3 rings (SSSR count). The molecule has 0 spiro atoms. The number of aromatic nitrogens is 2. The summed E-state index contributed by atoms with van der Waals surface area (Å²) in [6.45, 7) is 2.32. The number of furan rings is 1. The Kier molecular flexibility index (Phi) is 3.82. The van der Waals surface area contributed by atoms with E-state index in [4.69, 9.17) is 16.0 Å². The van der Waals surface area contributed by atoms with Crippen LogP contribution in [0.3, 0.4) is 0 Å². The molecule has 0 unspecified atom stereocenters. The van der Waals surface area contributed by atoms with E-state index in [1.807, 2.05) is 12.1 Å². The molecule has 1 aliphatic carbocycles. The first-order valence-electron chi connectivity index (χ1n) is 7.02. The molecule has 0 saturated heterocycles. The third-order valence-corrected chi connectivity index (χ3v) is 6.32. The molecule has 0 aliphatic heterocycles. The van der Waals surface area contributed by atoms with Crippen molar-refractivity contribution < 1.29 is 12.8 Å². The molecule has 0 amide bonds. The number of sulfonamides is 1. The molecule has 2 aromatic rings. The molecule has 120 valence electrons. The van der Waals surface area contributed by atoms with E-state index in [0.717, 1.165) is 12.2 Å². The third-order valence-electron chi connectivity index (χ3n) is 4.02. The van der Waals surface area contributed by atoms with Gasteiger partial charge in [-0.1, -0.05) is 18.5 Å². The molecule has 22 heavy (non-hydrogen) atoms. The normalized spacial score (nSPS) is 21.5. The van der Waals surface area contributed by atoms with Crippen LogP contribution in [0.2, 0.25) is 5.15 Å². The largest absolute Gasteiger partial charge is 0.464 e. The molecule has 0 radical (unpaired) electrons. The first-order valence-corrected chi connectivity index (χ1v) is 8.84. The third kappa shape index (κ3) is 2.68. The Bertz CT molecular complexity index is 796. The Morgan fingerprint density at radius 2 is 2.18 bits per heavy atom. The number of imidazole rings is 1.